The Bertz CT molecular complexity index is 921. The Hall–Kier alpha value is -1.98. The third-order valence-electron chi connectivity index (χ3n) is 4.96. The van der Waals surface area contributed by atoms with Crippen LogP contribution in [0.15, 0.2) is 53.8 Å². The van der Waals surface area contributed by atoms with Crippen molar-refractivity contribution in [1.82, 2.24) is 0 Å². The molecule has 0 bridgehead atoms. The molecule has 2 atom stereocenters. The highest BCUT2D eigenvalue weighted by atomic mass is 35.5. The normalized spacial score (nSPS) is 12.7. The van der Waals surface area contributed by atoms with E-state index in [1.807, 2.05) is 0 Å². The van der Waals surface area contributed by atoms with Crippen LogP contribution >= 0.6 is 23.2 Å². The molecule has 0 aliphatic rings. The van der Waals surface area contributed by atoms with Gasteiger partial charge in [0.25, 0.3) is 0 Å². The number of phenols is 1. The molecule has 2 aromatic carbocycles. The molecule has 0 radical (unpaired) electrons. The minimum Gasteiger partial charge on any atom is -0.506 e. The Morgan fingerprint density at radius 3 is 2.50 bits per heavy atom. The van der Waals surface area contributed by atoms with Gasteiger partial charge in [0.1, 0.15) is 18.1 Å². The summed E-state index contributed by atoms with van der Waals surface area (Å²) >= 11 is 12.0. The maximum absolute atomic E-state index is 10.7. The van der Waals surface area contributed by atoms with Crippen LogP contribution in [0.4, 0.5) is 0 Å². The molecule has 0 unspecified atom stereocenters. The molecule has 174 valence electrons. The third-order valence-corrected chi connectivity index (χ3v) is 5.47. The molecule has 0 fully saturated rings. The number of rotatable bonds is 12. The van der Waals surface area contributed by atoms with Crippen LogP contribution in [-0.4, -0.2) is 33.6 Å². The number of hydrogen-bond donors (Lipinski definition) is 4. The van der Waals surface area contributed by atoms with Gasteiger partial charge in [0, 0.05) is 23.4 Å². The molecular formula is C25H30Cl2O5. The number of hydrogen-bond acceptors (Lipinski definition) is 5. The molecule has 2 aromatic rings. The fourth-order valence-corrected chi connectivity index (χ4v) is 3.72. The highest BCUT2D eigenvalue weighted by Crippen LogP contribution is 2.37. The van der Waals surface area contributed by atoms with Crippen LogP contribution in [0.2, 0.25) is 10.0 Å². The quantitative estimate of drug-likeness (QED) is 0.284. The minimum absolute atomic E-state index is 0.0550. The van der Waals surface area contributed by atoms with E-state index in [4.69, 9.17) is 33.0 Å². The molecule has 0 heterocycles. The van der Waals surface area contributed by atoms with Crippen LogP contribution in [0, 0.1) is 0 Å². The van der Waals surface area contributed by atoms with Gasteiger partial charge in [0.2, 0.25) is 0 Å². The Morgan fingerprint density at radius 1 is 1.12 bits per heavy atom. The third kappa shape index (κ3) is 8.18. The second-order valence-electron chi connectivity index (χ2n) is 7.49. The lowest BCUT2D eigenvalue weighted by atomic mass is 9.97. The highest BCUT2D eigenvalue weighted by Gasteiger charge is 2.17. The number of benzene rings is 2. The van der Waals surface area contributed by atoms with Gasteiger partial charge in [-0.15, -0.1) is 5.73 Å². The molecule has 0 aliphatic heterocycles. The lowest BCUT2D eigenvalue weighted by molar-refractivity contribution is 0.173. The van der Waals surface area contributed by atoms with Crippen molar-refractivity contribution < 1.29 is 25.2 Å². The van der Waals surface area contributed by atoms with Gasteiger partial charge in [-0.1, -0.05) is 48.7 Å². The monoisotopic (exact) mass is 480 g/mol. The molecule has 32 heavy (non-hydrogen) atoms. The summed E-state index contributed by atoms with van der Waals surface area (Å²) < 4.78 is 5.32. The first-order valence-electron chi connectivity index (χ1n) is 10.7. The minimum atomic E-state index is -0.977. The Labute approximate surface area is 199 Å². The second-order valence-corrected chi connectivity index (χ2v) is 8.34. The van der Waals surface area contributed by atoms with Gasteiger partial charge in [0.05, 0.1) is 23.8 Å². The summed E-state index contributed by atoms with van der Waals surface area (Å²) in [6, 6.07) is 9.99. The second kappa shape index (κ2) is 13.5. The average Bonchev–Trinajstić information content (AvgIpc) is 2.78. The molecule has 4 N–H and O–H groups in total. The molecule has 5 nitrogen and oxygen atoms in total. The zero-order valence-corrected chi connectivity index (χ0v) is 19.6. The predicted octanol–water partition coefficient (Wildman–Crippen LogP) is 5.89. The maximum atomic E-state index is 10.7. The summed E-state index contributed by atoms with van der Waals surface area (Å²) in [7, 11) is 0. The van der Waals surface area contributed by atoms with Crippen molar-refractivity contribution in [3.63, 3.8) is 0 Å². The summed E-state index contributed by atoms with van der Waals surface area (Å²) in [6.45, 7) is 2.25. The summed E-state index contributed by atoms with van der Waals surface area (Å²) in [5, 5.41) is 40.5. The van der Waals surface area contributed by atoms with Crippen molar-refractivity contribution in [2.24, 2.45) is 0 Å². The molecule has 0 spiro atoms. The van der Waals surface area contributed by atoms with Crippen LogP contribution in [0.3, 0.4) is 0 Å². The van der Waals surface area contributed by atoms with Gasteiger partial charge in [-0.05, 0) is 54.3 Å². The van der Waals surface area contributed by atoms with E-state index in [-0.39, 0.29) is 36.0 Å². The summed E-state index contributed by atoms with van der Waals surface area (Å²) in [5.74, 6) is 0.454. The van der Waals surface area contributed by atoms with E-state index in [0.29, 0.717) is 17.2 Å². The molecule has 0 aliphatic carbocycles. The number of halogens is 2. The number of phenolic OH excluding ortho intramolecular Hbond substituents is 1. The van der Waals surface area contributed by atoms with E-state index in [1.165, 1.54) is 12.1 Å². The smallest absolute Gasteiger partial charge is 0.140 e. The first-order chi connectivity index (χ1) is 15.3. The van der Waals surface area contributed by atoms with Crippen molar-refractivity contribution in [2.45, 2.75) is 51.2 Å². The summed E-state index contributed by atoms with van der Waals surface area (Å²) in [6.07, 6.45) is 3.38. The molecule has 0 saturated carbocycles. The van der Waals surface area contributed by atoms with Crippen molar-refractivity contribution in [2.75, 3.05) is 13.2 Å². The topological polar surface area (TPSA) is 90.2 Å². The number of aliphatic hydroxyl groups is 3. The van der Waals surface area contributed by atoms with Crippen LogP contribution in [0.1, 0.15) is 62.4 Å². The van der Waals surface area contributed by atoms with Gasteiger partial charge < -0.3 is 25.2 Å². The lowest BCUT2D eigenvalue weighted by Gasteiger charge is -2.15. The van der Waals surface area contributed by atoms with E-state index in [0.717, 1.165) is 30.4 Å². The van der Waals surface area contributed by atoms with Gasteiger partial charge in [-0.2, -0.15) is 0 Å². The van der Waals surface area contributed by atoms with E-state index in [1.54, 1.807) is 30.3 Å². The largest absolute Gasteiger partial charge is 0.506 e. The Kier molecular flexibility index (Phi) is 11.1. The van der Waals surface area contributed by atoms with Crippen LogP contribution in [0.25, 0.3) is 0 Å². The van der Waals surface area contributed by atoms with Crippen molar-refractivity contribution in [1.29, 1.82) is 0 Å². The number of aliphatic hydroxyl groups excluding tert-OH is 3. The highest BCUT2D eigenvalue weighted by molar-refractivity contribution is 6.35. The molecule has 0 saturated heterocycles. The first kappa shape index (κ1) is 26.3. The van der Waals surface area contributed by atoms with E-state index >= 15 is 0 Å². The predicted molar refractivity (Wildman–Crippen MR) is 127 cm³/mol. The molecular weight excluding hydrogens is 451 g/mol. The first-order valence-corrected chi connectivity index (χ1v) is 11.4. The number of ether oxygens (including phenoxy) is 1. The van der Waals surface area contributed by atoms with Crippen LogP contribution in [-0.2, 0) is 0 Å². The molecule has 7 heteroatoms. The fraction of sp³-hybridized carbons (Fsp3) is 0.400. The molecule has 0 aromatic heterocycles. The zero-order chi connectivity index (χ0) is 23.5. The van der Waals surface area contributed by atoms with Crippen molar-refractivity contribution in [3.05, 3.63) is 75.0 Å². The number of aromatic hydroxyl groups is 1. The van der Waals surface area contributed by atoms with E-state index in [2.05, 4.69) is 12.7 Å². The van der Waals surface area contributed by atoms with Crippen molar-refractivity contribution in [3.8, 4) is 11.5 Å². The summed E-state index contributed by atoms with van der Waals surface area (Å²) in [5.41, 5.74) is 5.12. The van der Waals surface area contributed by atoms with Crippen LogP contribution in [0.5, 0.6) is 11.5 Å². The zero-order valence-electron chi connectivity index (χ0n) is 18.1. The van der Waals surface area contributed by atoms with Crippen molar-refractivity contribution >= 4 is 23.2 Å². The Morgan fingerprint density at radius 2 is 1.84 bits per heavy atom. The van der Waals surface area contributed by atoms with E-state index in [9.17, 15) is 15.3 Å². The van der Waals surface area contributed by atoms with Crippen LogP contribution < -0.4 is 4.74 Å². The lowest BCUT2D eigenvalue weighted by Crippen LogP contribution is -2.02. The summed E-state index contributed by atoms with van der Waals surface area (Å²) in [4.78, 5) is 0. The van der Waals surface area contributed by atoms with Gasteiger partial charge in [0.15, 0.2) is 0 Å². The van der Waals surface area contributed by atoms with Gasteiger partial charge >= 0.3 is 0 Å². The SMILES string of the molecule is CCCCC(=C=CC[C@H](O)c1ccc(OCCO)cc1)C[C@H](O)c1cc(Cl)cc(Cl)c1O. The molecule has 2 rings (SSSR count). The van der Waals surface area contributed by atoms with Gasteiger partial charge in [-0.3, -0.25) is 0 Å². The number of unbranched alkanes of at least 4 members (excludes halogenated alkanes) is 1. The maximum Gasteiger partial charge on any atom is 0.140 e. The fourth-order valence-electron chi connectivity index (χ4n) is 3.21. The van der Waals surface area contributed by atoms with E-state index < -0.39 is 12.2 Å². The molecule has 0 amide bonds. The van der Waals surface area contributed by atoms with Gasteiger partial charge in [-0.25, -0.2) is 0 Å². The Balaban J connectivity index is 2.09. The average molecular weight is 481 g/mol. The standard InChI is InChI=1S/C25H30Cl2O5/c1-2-3-5-17(14-24(30)21-15-19(26)16-22(27)25(21)31)6-4-7-23(29)18-8-10-20(11-9-18)32-13-12-28/h4,8-11,15-16,23-24,28-31H,2-3,5,7,12-14H2,1H3/t6?,23-,24-/m0/s1.